The van der Waals surface area contributed by atoms with E-state index in [9.17, 15) is 8.42 Å². The van der Waals surface area contributed by atoms with Crippen molar-refractivity contribution in [3.05, 3.63) is 51.5 Å². The number of sulfone groups is 1. The molecule has 0 saturated heterocycles. The van der Waals surface area contributed by atoms with Gasteiger partial charge in [-0.05, 0) is 25.0 Å². The van der Waals surface area contributed by atoms with Gasteiger partial charge in [0.1, 0.15) is 0 Å². The monoisotopic (exact) mass is 394 g/mol. The van der Waals surface area contributed by atoms with Crippen LogP contribution in [0.1, 0.15) is 28.8 Å². The maximum Gasteiger partial charge on any atom is 0.191 e. The number of guanidine groups is 1. The number of nitrogens with zero attached hydrogens (tertiary/aromatic N) is 2. The molecule has 0 saturated carbocycles. The molecule has 2 N–H and O–H groups in total. The summed E-state index contributed by atoms with van der Waals surface area (Å²) < 4.78 is 22.7. The third kappa shape index (κ3) is 7.53. The van der Waals surface area contributed by atoms with Gasteiger partial charge in [0.25, 0.3) is 0 Å². The quantitative estimate of drug-likeness (QED) is 0.530. The van der Waals surface area contributed by atoms with Crippen LogP contribution in [0.5, 0.6) is 0 Å². The number of thiazole rings is 1. The summed E-state index contributed by atoms with van der Waals surface area (Å²) >= 11 is 1.66. The fraction of sp³-hybridized carbons (Fsp3) is 0.444. The van der Waals surface area contributed by atoms with Gasteiger partial charge < -0.3 is 10.6 Å². The molecule has 0 aliphatic heterocycles. The van der Waals surface area contributed by atoms with Crippen LogP contribution in [0.2, 0.25) is 0 Å². The van der Waals surface area contributed by atoms with Crippen LogP contribution >= 0.6 is 11.3 Å². The van der Waals surface area contributed by atoms with Crippen LogP contribution in [0, 0.1) is 6.92 Å². The van der Waals surface area contributed by atoms with Gasteiger partial charge in [0.15, 0.2) is 15.8 Å². The van der Waals surface area contributed by atoms with Crippen LogP contribution in [0.3, 0.4) is 0 Å². The first-order chi connectivity index (χ1) is 12.4. The standard InChI is InChI=1S/C18H26N4O2S2/c1-4-19-18(20-10-9-17-12-25-14(2)22-17)21-11-15-5-7-16(8-6-15)13-26(3,23)24/h5-8,12H,4,9-11,13H2,1-3H3,(H2,19,20,21). The predicted molar refractivity (Wildman–Crippen MR) is 108 cm³/mol. The van der Waals surface area contributed by atoms with Crippen LogP contribution in [-0.4, -0.2) is 38.7 Å². The Labute approximate surface area is 159 Å². The largest absolute Gasteiger partial charge is 0.357 e. The van der Waals surface area contributed by atoms with Crippen molar-refractivity contribution in [2.45, 2.75) is 32.6 Å². The molecule has 26 heavy (non-hydrogen) atoms. The maximum absolute atomic E-state index is 11.3. The molecule has 2 rings (SSSR count). The molecule has 142 valence electrons. The fourth-order valence-corrected chi connectivity index (χ4v) is 3.83. The SMILES string of the molecule is CCNC(=NCc1ccc(CS(C)(=O)=O)cc1)NCCc1csc(C)n1. The van der Waals surface area contributed by atoms with Crippen LogP contribution in [-0.2, 0) is 28.6 Å². The van der Waals surface area contributed by atoms with E-state index in [2.05, 4.69) is 26.0 Å². The normalized spacial score (nSPS) is 12.2. The van der Waals surface area contributed by atoms with E-state index in [0.29, 0.717) is 6.54 Å². The molecule has 0 bridgehead atoms. The summed E-state index contributed by atoms with van der Waals surface area (Å²) in [6.07, 6.45) is 2.10. The Balaban J connectivity index is 1.89. The van der Waals surface area contributed by atoms with Gasteiger partial charge in [0.05, 0.1) is 23.0 Å². The first-order valence-corrected chi connectivity index (χ1v) is 11.5. The molecule has 0 radical (unpaired) electrons. The summed E-state index contributed by atoms with van der Waals surface area (Å²) in [4.78, 5) is 9.04. The Hall–Kier alpha value is -1.93. The first-order valence-electron chi connectivity index (χ1n) is 8.54. The highest BCUT2D eigenvalue weighted by Crippen LogP contribution is 2.09. The van der Waals surface area contributed by atoms with E-state index in [1.807, 2.05) is 38.1 Å². The number of rotatable bonds is 8. The summed E-state index contributed by atoms with van der Waals surface area (Å²) in [7, 11) is -3.01. The summed E-state index contributed by atoms with van der Waals surface area (Å²) in [5.74, 6) is 0.830. The highest BCUT2D eigenvalue weighted by Gasteiger charge is 2.04. The van der Waals surface area contributed by atoms with E-state index in [-0.39, 0.29) is 5.75 Å². The van der Waals surface area contributed by atoms with Crippen molar-refractivity contribution in [2.75, 3.05) is 19.3 Å². The van der Waals surface area contributed by atoms with Gasteiger partial charge in [-0.1, -0.05) is 24.3 Å². The third-order valence-corrected chi connectivity index (χ3v) is 5.24. The van der Waals surface area contributed by atoms with Crippen LogP contribution in [0.15, 0.2) is 34.6 Å². The molecule has 0 aliphatic carbocycles. The lowest BCUT2D eigenvalue weighted by atomic mass is 10.1. The Morgan fingerprint density at radius 1 is 1.19 bits per heavy atom. The Morgan fingerprint density at radius 3 is 2.46 bits per heavy atom. The van der Waals surface area contributed by atoms with E-state index in [4.69, 9.17) is 0 Å². The highest BCUT2D eigenvalue weighted by molar-refractivity contribution is 7.89. The second-order valence-corrected chi connectivity index (χ2v) is 9.32. The first kappa shape index (κ1) is 20.4. The molecule has 2 aromatic rings. The van der Waals surface area contributed by atoms with E-state index in [1.54, 1.807) is 11.3 Å². The third-order valence-electron chi connectivity index (χ3n) is 3.56. The number of hydrogen-bond donors (Lipinski definition) is 2. The Kier molecular flexibility index (Phi) is 7.59. The molecule has 0 amide bonds. The van der Waals surface area contributed by atoms with Gasteiger partial charge in [-0.3, -0.25) is 0 Å². The number of benzene rings is 1. The molecule has 0 atom stereocenters. The van der Waals surface area contributed by atoms with Crippen molar-refractivity contribution >= 4 is 27.1 Å². The van der Waals surface area contributed by atoms with Gasteiger partial charge in [0.2, 0.25) is 0 Å². The molecule has 0 unspecified atom stereocenters. The van der Waals surface area contributed by atoms with E-state index in [0.717, 1.165) is 47.3 Å². The fourth-order valence-electron chi connectivity index (χ4n) is 2.39. The van der Waals surface area contributed by atoms with Crippen LogP contribution in [0.25, 0.3) is 0 Å². The van der Waals surface area contributed by atoms with Crippen LogP contribution < -0.4 is 10.6 Å². The summed E-state index contributed by atoms with van der Waals surface area (Å²) in [6, 6.07) is 7.53. The Morgan fingerprint density at radius 2 is 1.88 bits per heavy atom. The van der Waals surface area contributed by atoms with Crippen molar-refractivity contribution < 1.29 is 8.42 Å². The number of aliphatic imine (C=N–C) groups is 1. The van der Waals surface area contributed by atoms with Gasteiger partial charge in [0, 0.05) is 31.1 Å². The number of aromatic nitrogens is 1. The molecule has 0 aliphatic rings. The lowest BCUT2D eigenvalue weighted by molar-refractivity contribution is 0.601. The minimum atomic E-state index is -3.01. The molecule has 1 aromatic carbocycles. The lowest BCUT2D eigenvalue weighted by Gasteiger charge is -2.11. The van der Waals surface area contributed by atoms with Gasteiger partial charge >= 0.3 is 0 Å². The second kappa shape index (κ2) is 9.68. The zero-order chi connectivity index (χ0) is 19.0. The topological polar surface area (TPSA) is 83.5 Å². The smallest absolute Gasteiger partial charge is 0.191 e. The number of hydrogen-bond acceptors (Lipinski definition) is 5. The lowest BCUT2D eigenvalue weighted by Crippen LogP contribution is -2.38. The molecule has 6 nitrogen and oxygen atoms in total. The average molecular weight is 395 g/mol. The molecule has 0 fully saturated rings. The summed E-state index contributed by atoms with van der Waals surface area (Å²) in [5.41, 5.74) is 2.93. The van der Waals surface area contributed by atoms with Crippen molar-refractivity contribution in [2.24, 2.45) is 4.99 Å². The van der Waals surface area contributed by atoms with Crippen LogP contribution in [0.4, 0.5) is 0 Å². The maximum atomic E-state index is 11.3. The van der Waals surface area contributed by atoms with E-state index in [1.165, 1.54) is 6.26 Å². The molecule has 0 spiro atoms. The van der Waals surface area contributed by atoms with Gasteiger partial charge in [-0.25, -0.2) is 18.4 Å². The highest BCUT2D eigenvalue weighted by atomic mass is 32.2. The van der Waals surface area contributed by atoms with Crippen molar-refractivity contribution in [3.63, 3.8) is 0 Å². The minimum absolute atomic E-state index is 0.0663. The average Bonchev–Trinajstić information content (AvgIpc) is 2.98. The van der Waals surface area contributed by atoms with Crippen molar-refractivity contribution in [3.8, 4) is 0 Å². The zero-order valence-electron chi connectivity index (χ0n) is 15.4. The summed E-state index contributed by atoms with van der Waals surface area (Å²) in [6.45, 7) is 6.12. The van der Waals surface area contributed by atoms with Gasteiger partial charge in [-0.15, -0.1) is 11.3 Å². The minimum Gasteiger partial charge on any atom is -0.357 e. The van der Waals surface area contributed by atoms with Crippen molar-refractivity contribution in [1.82, 2.24) is 15.6 Å². The zero-order valence-corrected chi connectivity index (χ0v) is 17.1. The number of aryl methyl sites for hydroxylation is 1. The van der Waals surface area contributed by atoms with Crippen molar-refractivity contribution in [1.29, 1.82) is 0 Å². The van der Waals surface area contributed by atoms with E-state index >= 15 is 0 Å². The molecule has 1 aromatic heterocycles. The molecule has 8 heteroatoms. The molecule has 1 heterocycles. The number of nitrogens with one attached hydrogen (secondary N) is 2. The summed E-state index contributed by atoms with van der Waals surface area (Å²) in [5, 5.41) is 9.71. The predicted octanol–water partition coefficient (Wildman–Crippen LogP) is 2.29. The molecular formula is C18H26N4O2S2. The molecular weight excluding hydrogens is 368 g/mol. The Bertz CT molecular complexity index is 827. The van der Waals surface area contributed by atoms with Gasteiger partial charge in [-0.2, -0.15) is 0 Å². The van der Waals surface area contributed by atoms with E-state index < -0.39 is 9.84 Å². The second-order valence-electron chi connectivity index (χ2n) is 6.12.